The number of hydrogen-bond acceptors (Lipinski definition) is 3. The highest BCUT2D eigenvalue weighted by Gasteiger charge is 2.10. The van der Waals surface area contributed by atoms with Crippen molar-refractivity contribution >= 4 is 29.9 Å². The molecular weight excluding hydrogens is 479 g/mol. The lowest BCUT2D eigenvalue weighted by Crippen LogP contribution is -2.36. The van der Waals surface area contributed by atoms with Crippen LogP contribution in [-0.2, 0) is 24.4 Å². The van der Waals surface area contributed by atoms with E-state index in [0.717, 1.165) is 11.1 Å². The van der Waals surface area contributed by atoms with E-state index in [0.29, 0.717) is 37.8 Å². The van der Waals surface area contributed by atoms with Crippen molar-refractivity contribution in [2.45, 2.75) is 33.2 Å². The Kier molecular flexibility index (Phi) is 11.4. The van der Waals surface area contributed by atoms with Gasteiger partial charge in [-0.2, -0.15) is 8.78 Å². The first-order chi connectivity index (χ1) is 13.1. The number of para-hydroxylation sites is 1. The van der Waals surface area contributed by atoms with Gasteiger partial charge < -0.3 is 20.1 Å². The highest BCUT2D eigenvalue weighted by Crippen LogP contribution is 2.19. The second kappa shape index (κ2) is 13.3. The molecule has 0 aliphatic heterocycles. The molecule has 0 spiro atoms. The van der Waals surface area contributed by atoms with Crippen molar-refractivity contribution in [3.63, 3.8) is 0 Å². The van der Waals surface area contributed by atoms with Gasteiger partial charge in [0.2, 0.25) is 0 Å². The van der Waals surface area contributed by atoms with Gasteiger partial charge >= 0.3 is 6.61 Å². The Bertz CT molecular complexity index is 745. The lowest BCUT2D eigenvalue weighted by atomic mass is 10.1. The zero-order valence-electron chi connectivity index (χ0n) is 16.0. The number of aliphatic imine (C=N–C) groups is 1. The molecule has 0 fully saturated rings. The maximum atomic E-state index is 12.5. The van der Waals surface area contributed by atoms with Crippen LogP contribution in [-0.4, -0.2) is 26.2 Å². The number of halogens is 3. The Balaban J connectivity index is 0.00000392. The van der Waals surface area contributed by atoms with E-state index in [1.54, 1.807) is 25.2 Å². The summed E-state index contributed by atoms with van der Waals surface area (Å²) in [7, 11) is 1.66. The number of rotatable bonds is 9. The van der Waals surface area contributed by atoms with Crippen molar-refractivity contribution < 1.29 is 18.3 Å². The molecule has 154 valence electrons. The fraction of sp³-hybridized carbons (Fsp3) is 0.350. The molecule has 2 rings (SSSR count). The molecule has 0 amide bonds. The first kappa shape index (κ1) is 24.1. The van der Waals surface area contributed by atoms with Gasteiger partial charge in [0.05, 0.1) is 6.61 Å². The number of alkyl halides is 2. The summed E-state index contributed by atoms with van der Waals surface area (Å²) in [6.45, 7) is 1.19. The average molecular weight is 505 g/mol. The van der Waals surface area contributed by atoms with E-state index in [1.165, 1.54) is 6.07 Å². The van der Waals surface area contributed by atoms with Gasteiger partial charge in [-0.25, -0.2) is 0 Å². The second-order valence-corrected chi connectivity index (χ2v) is 5.67. The van der Waals surface area contributed by atoms with E-state index in [9.17, 15) is 8.78 Å². The van der Waals surface area contributed by atoms with Gasteiger partial charge in [0.1, 0.15) is 5.75 Å². The molecule has 8 heteroatoms. The van der Waals surface area contributed by atoms with Gasteiger partial charge in [0.15, 0.2) is 5.96 Å². The number of nitrogens with zero attached hydrogens (tertiary/aromatic N) is 1. The van der Waals surface area contributed by atoms with Crippen LogP contribution in [0, 0.1) is 0 Å². The topological polar surface area (TPSA) is 54.9 Å². The van der Waals surface area contributed by atoms with Crippen LogP contribution >= 0.6 is 24.0 Å². The number of guanidine groups is 1. The van der Waals surface area contributed by atoms with Gasteiger partial charge in [-0.15, -0.1) is 24.0 Å². The minimum absolute atomic E-state index is 0. The molecule has 0 aliphatic rings. The SMILES string of the molecule is CCOCc1ccccc1CNC(=NC)NCc1ccccc1OC(F)F.I. The number of hydrogen-bond donors (Lipinski definition) is 2. The molecule has 0 heterocycles. The fourth-order valence-electron chi connectivity index (χ4n) is 2.52. The summed E-state index contributed by atoms with van der Waals surface area (Å²) < 4.78 is 35.1. The van der Waals surface area contributed by atoms with Crippen molar-refractivity contribution in [3.8, 4) is 5.75 Å². The molecule has 5 nitrogen and oxygen atoms in total. The van der Waals surface area contributed by atoms with Gasteiger partial charge in [-0.05, 0) is 24.1 Å². The Hall–Kier alpha value is -1.94. The van der Waals surface area contributed by atoms with Crippen LogP contribution in [0.15, 0.2) is 53.5 Å². The number of benzene rings is 2. The van der Waals surface area contributed by atoms with Crippen LogP contribution in [0.3, 0.4) is 0 Å². The molecule has 28 heavy (non-hydrogen) atoms. The molecule has 2 aromatic rings. The molecule has 0 saturated carbocycles. The van der Waals surface area contributed by atoms with Crippen LogP contribution in [0.25, 0.3) is 0 Å². The molecule has 2 N–H and O–H groups in total. The molecule has 0 unspecified atom stereocenters. The Morgan fingerprint density at radius 1 is 0.964 bits per heavy atom. The van der Waals surface area contributed by atoms with Crippen molar-refractivity contribution in [2.75, 3.05) is 13.7 Å². The van der Waals surface area contributed by atoms with Crippen LogP contribution in [0.1, 0.15) is 23.6 Å². The summed E-state index contributed by atoms with van der Waals surface area (Å²) in [6.07, 6.45) is 0. The molecule has 0 saturated heterocycles. The molecular formula is C20H26F2IN3O2. The smallest absolute Gasteiger partial charge is 0.387 e. The highest BCUT2D eigenvalue weighted by atomic mass is 127. The second-order valence-electron chi connectivity index (χ2n) is 5.67. The summed E-state index contributed by atoms with van der Waals surface area (Å²) in [5, 5.41) is 6.34. The monoisotopic (exact) mass is 505 g/mol. The Morgan fingerprint density at radius 2 is 1.54 bits per heavy atom. The number of ether oxygens (including phenoxy) is 2. The zero-order valence-corrected chi connectivity index (χ0v) is 18.3. The minimum Gasteiger partial charge on any atom is -0.434 e. The predicted octanol–water partition coefficient (Wildman–Crippen LogP) is 4.31. The summed E-state index contributed by atoms with van der Waals surface area (Å²) in [6, 6.07) is 14.7. The van der Waals surface area contributed by atoms with Crippen molar-refractivity contribution in [2.24, 2.45) is 4.99 Å². The molecule has 0 atom stereocenters. The lowest BCUT2D eigenvalue weighted by Gasteiger charge is -2.16. The number of nitrogens with one attached hydrogen (secondary N) is 2. The van der Waals surface area contributed by atoms with E-state index in [4.69, 9.17) is 4.74 Å². The summed E-state index contributed by atoms with van der Waals surface area (Å²) in [5.41, 5.74) is 2.84. The zero-order chi connectivity index (χ0) is 19.5. The van der Waals surface area contributed by atoms with Crippen LogP contribution < -0.4 is 15.4 Å². The third-order valence-corrected chi connectivity index (χ3v) is 3.88. The quantitative estimate of drug-likeness (QED) is 0.303. The van der Waals surface area contributed by atoms with E-state index >= 15 is 0 Å². The normalized spacial score (nSPS) is 11.1. The maximum Gasteiger partial charge on any atom is 0.387 e. The summed E-state index contributed by atoms with van der Waals surface area (Å²) >= 11 is 0. The first-order valence-corrected chi connectivity index (χ1v) is 8.75. The third-order valence-electron chi connectivity index (χ3n) is 3.88. The van der Waals surface area contributed by atoms with Crippen molar-refractivity contribution in [1.29, 1.82) is 0 Å². The predicted molar refractivity (Wildman–Crippen MR) is 117 cm³/mol. The molecule has 0 radical (unpaired) electrons. The highest BCUT2D eigenvalue weighted by molar-refractivity contribution is 14.0. The summed E-state index contributed by atoms with van der Waals surface area (Å²) in [4.78, 5) is 4.17. The molecule has 2 aromatic carbocycles. The first-order valence-electron chi connectivity index (χ1n) is 8.75. The molecule has 0 bridgehead atoms. The lowest BCUT2D eigenvalue weighted by molar-refractivity contribution is -0.0504. The van der Waals surface area contributed by atoms with Crippen LogP contribution in [0.4, 0.5) is 8.78 Å². The fourth-order valence-corrected chi connectivity index (χ4v) is 2.52. The van der Waals surface area contributed by atoms with E-state index in [-0.39, 0.29) is 29.7 Å². The van der Waals surface area contributed by atoms with Crippen LogP contribution in [0.5, 0.6) is 5.75 Å². The largest absolute Gasteiger partial charge is 0.434 e. The molecule has 0 aliphatic carbocycles. The summed E-state index contributed by atoms with van der Waals surface area (Å²) in [5.74, 6) is 0.713. The Labute approximate surface area is 181 Å². The molecule has 0 aromatic heterocycles. The Morgan fingerprint density at radius 3 is 2.14 bits per heavy atom. The van der Waals surface area contributed by atoms with E-state index in [1.807, 2.05) is 31.2 Å². The maximum absolute atomic E-state index is 12.5. The van der Waals surface area contributed by atoms with Crippen molar-refractivity contribution in [1.82, 2.24) is 10.6 Å². The standard InChI is InChI=1S/C20H25F2N3O2.HI/c1-3-26-14-17-10-5-4-8-15(17)12-24-20(23-2)25-13-16-9-6-7-11-18(16)27-19(21)22;/h4-11,19H,3,12-14H2,1-2H3,(H2,23,24,25);1H. The third kappa shape index (κ3) is 7.97. The van der Waals surface area contributed by atoms with Gasteiger partial charge in [0.25, 0.3) is 0 Å². The van der Waals surface area contributed by atoms with Gasteiger partial charge in [0, 0.05) is 32.3 Å². The minimum atomic E-state index is -2.86. The van der Waals surface area contributed by atoms with E-state index in [2.05, 4.69) is 20.4 Å². The van der Waals surface area contributed by atoms with E-state index < -0.39 is 6.61 Å². The van der Waals surface area contributed by atoms with Crippen LogP contribution in [0.2, 0.25) is 0 Å². The van der Waals surface area contributed by atoms with Crippen molar-refractivity contribution in [3.05, 3.63) is 65.2 Å². The van der Waals surface area contributed by atoms with Gasteiger partial charge in [-0.1, -0.05) is 42.5 Å². The average Bonchev–Trinajstić information content (AvgIpc) is 2.68. The van der Waals surface area contributed by atoms with Gasteiger partial charge in [-0.3, -0.25) is 4.99 Å².